The van der Waals surface area contributed by atoms with Crippen molar-refractivity contribution in [2.45, 2.75) is 0 Å². The van der Waals surface area contributed by atoms with Gasteiger partial charge in [0.05, 0.1) is 5.97 Å². The molecule has 0 unspecified atom stereocenters. The third-order valence-corrected chi connectivity index (χ3v) is 1.79. The smallest absolute Gasteiger partial charge is 0.545 e. The summed E-state index contributed by atoms with van der Waals surface area (Å²) in [5.41, 5.74) is 1.14. The van der Waals surface area contributed by atoms with Crippen LogP contribution in [-0.4, -0.2) is 11.0 Å². The van der Waals surface area contributed by atoms with E-state index in [0.717, 1.165) is 10.9 Å². The molecule has 60 valence electrons. The average Bonchev–Trinajstić information content (AvgIpc) is 2.49. The molecule has 0 saturated heterocycles. The van der Waals surface area contributed by atoms with E-state index in [1.165, 1.54) is 6.07 Å². The third-order valence-electron chi connectivity index (χ3n) is 1.79. The molecule has 0 aliphatic carbocycles. The van der Waals surface area contributed by atoms with Gasteiger partial charge in [0.2, 0.25) is 0 Å². The van der Waals surface area contributed by atoms with Crippen LogP contribution in [0, 0.1) is 0 Å². The van der Waals surface area contributed by atoms with Crippen LogP contribution in [-0.2, 0) is 0 Å². The molecule has 1 aromatic heterocycles. The number of H-pyrrole nitrogens is 1. The predicted molar refractivity (Wildman–Crippen MR) is 42.6 cm³/mol. The van der Waals surface area contributed by atoms with Gasteiger partial charge in [-0.1, -0.05) is 6.07 Å². The van der Waals surface area contributed by atoms with E-state index >= 15 is 0 Å². The van der Waals surface area contributed by atoms with Crippen molar-refractivity contribution in [1.29, 1.82) is 0 Å². The number of hydrogen-bond donors (Lipinski definition) is 1. The van der Waals surface area contributed by atoms with Gasteiger partial charge in [-0.05, 0) is 23.8 Å². The number of carboxylic acid groups (broad SMARTS) is 1. The SMILES string of the molecule is O=C([O-])c1ccc2[nH]ccc2c1.[Cs+]. The summed E-state index contributed by atoms with van der Waals surface area (Å²) in [4.78, 5) is 13.4. The van der Waals surface area contributed by atoms with Crippen molar-refractivity contribution in [2.75, 3.05) is 0 Å². The number of aromatic carboxylic acids is 1. The van der Waals surface area contributed by atoms with Crippen LogP contribution in [0.5, 0.6) is 0 Å². The molecule has 0 fully saturated rings. The number of rotatable bonds is 1. The van der Waals surface area contributed by atoms with Crippen LogP contribution in [0.1, 0.15) is 10.4 Å². The van der Waals surface area contributed by atoms with Crippen molar-refractivity contribution in [3.05, 3.63) is 36.0 Å². The van der Waals surface area contributed by atoms with Crippen LogP contribution in [0.4, 0.5) is 0 Å². The van der Waals surface area contributed by atoms with Gasteiger partial charge in [0.25, 0.3) is 0 Å². The Hall–Kier alpha value is 0.282. The van der Waals surface area contributed by atoms with Gasteiger partial charge in [-0.3, -0.25) is 0 Å². The van der Waals surface area contributed by atoms with E-state index in [2.05, 4.69) is 4.98 Å². The molecule has 0 bridgehead atoms. The standard InChI is InChI=1S/C9H7NO2.Cs/c11-9(12)7-1-2-8-6(5-7)3-4-10-8;/h1-5,10H,(H,11,12);/q;+1/p-1. The molecule has 0 aliphatic heterocycles. The molecule has 0 saturated carbocycles. The summed E-state index contributed by atoms with van der Waals surface area (Å²) < 4.78 is 0. The normalized spacial score (nSPS) is 9.54. The van der Waals surface area contributed by atoms with Crippen LogP contribution in [0.25, 0.3) is 10.9 Å². The van der Waals surface area contributed by atoms with Crippen molar-refractivity contribution in [3.63, 3.8) is 0 Å². The Balaban J connectivity index is 0.000000845. The van der Waals surface area contributed by atoms with Crippen LogP contribution in [0.2, 0.25) is 0 Å². The molecule has 0 aliphatic rings. The molecule has 0 amide bonds. The fourth-order valence-corrected chi connectivity index (χ4v) is 1.18. The molecule has 0 spiro atoms. The van der Waals surface area contributed by atoms with Gasteiger partial charge in [-0.25, -0.2) is 0 Å². The van der Waals surface area contributed by atoms with Crippen LogP contribution < -0.4 is 74.0 Å². The molecule has 0 radical (unpaired) electrons. The van der Waals surface area contributed by atoms with Crippen molar-refractivity contribution in [1.82, 2.24) is 4.98 Å². The number of benzene rings is 1. The monoisotopic (exact) mass is 293 g/mol. The molecule has 1 heterocycles. The summed E-state index contributed by atoms with van der Waals surface area (Å²) in [6, 6.07) is 6.65. The Bertz CT molecular complexity index is 436. The summed E-state index contributed by atoms with van der Waals surface area (Å²) >= 11 is 0. The number of carbonyl (C=O) groups excluding carboxylic acids is 1. The van der Waals surface area contributed by atoms with Gasteiger partial charge in [0.15, 0.2) is 0 Å². The third kappa shape index (κ3) is 2.40. The Labute approximate surface area is 134 Å². The second-order valence-corrected chi connectivity index (χ2v) is 2.57. The molecule has 13 heavy (non-hydrogen) atoms. The minimum Gasteiger partial charge on any atom is -0.545 e. The maximum atomic E-state index is 10.4. The second kappa shape index (κ2) is 4.68. The van der Waals surface area contributed by atoms with E-state index in [-0.39, 0.29) is 74.5 Å². The second-order valence-electron chi connectivity index (χ2n) is 2.57. The Morgan fingerprint density at radius 3 is 2.77 bits per heavy atom. The van der Waals surface area contributed by atoms with Gasteiger partial charge in [0, 0.05) is 17.1 Å². The first-order valence-corrected chi connectivity index (χ1v) is 3.56. The number of hydrogen-bond acceptors (Lipinski definition) is 2. The van der Waals surface area contributed by atoms with Crippen molar-refractivity contribution >= 4 is 16.9 Å². The van der Waals surface area contributed by atoms with E-state index < -0.39 is 5.97 Å². The molecular weight excluding hydrogens is 287 g/mol. The zero-order chi connectivity index (χ0) is 8.55. The number of carboxylic acids is 1. The maximum Gasteiger partial charge on any atom is 1.00 e. The summed E-state index contributed by atoms with van der Waals surface area (Å²) in [6.45, 7) is 0. The van der Waals surface area contributed by atoms with Crippen molar-refractivity contribution in [2.24, 2.45) is 0 Å². The summed E-state index contributed by atoms with van der Waals surface area (Å²) in [7, 11) is 0. The Kier molecular flexibility index (Phi) is 4.09. The molecule has 4 heteroatoms. The van der Waals surface area contributed by atoms with Gasteiger partial charge < -0.3 is 14.9 Å². The predicted octanol–water partition coefficient (Wildman–Crippen LogP) is -2.46. The van der Waals surface area contributed by atoms with Crippen LogP contribution >= 0.6 is 0 Å². The Morgan fingerprint density at radius 2 is 2.08 bits per heavy atom. The number of aromatic amines is 1. The first-order valence-electron chi connectivity index (χ1n) is 3.56. The van der Waals surface area contributed by atoms with Gasteiger partial charge in [-0.15, -0.1) is 0 Å². The average molecular weight is 293 g/mol. The number of fused-ring (bicyclic) bond motifs is 1. The minimum absolute atomic E-state index is 0. The molecule has 2 rings (SSSR count). The van der Waals surface area contributed by atoms with Gasteiger partial charge >= 0.3 is 68.9 Å². The summed E-state index contributed by atoms with van der Waals surface area (Å²) in [5, 5.41) is 11.3. The zero-order valence-corrected chi connectivity index (χ0v) is 13.5. The van der Waals surface area contributed by atoms with Gasteiger partial charge in [-0.2, -0.15) is 0 Å². The minimum atomic E-state index is -1.14. The summed E-state index contributed by atoms with van der Waals surface area (Å²) in [6.07, 6.45) is 1.77. The number of carbonyl (C=O) groups is 1. The summed E-state index contributed by atoms with van der Waals surface area (Å²) in [5.74, 6) is -1.14. The van der Waals surface area contributed by atoms with Crippen LogP contribution in [0.15, 0.2) is 30.5 Å². The molecule has 2 aromatic rings. The van der Waals surface area contributed by atoms with E-state index in [4.69, 9.17) is 0 Å². The van der Waals surface area contributed by atoms with Crippen molar-refractivity contribution in [3.8, 4) is 0 Å². The van der Waals surface area contributed by atoms with E-state index in [0.29, 0.717) is 0 Å². The zero-order valence-electron chi connectivity index (χ0n) is 7.20. The molecule has 0 atom stereocenters. The fourth-order valence-electron chi connectivity index (χ4n) is 1.18. The topological polar surface area (TPSA) is 55.9 Å². The molecule has 1 aromatic carbocycles. The maximum absolute atomic E-state index is 10.4. The first-order chi connectivity index (χ1) is 5.77. The van der Waals surface area contributed by atoms with E-state index in [1.54, 1.807) is 18.3 Å². The number of aromatic nitrogens is 1. The largest absolute Gasteiger partial charge is 1.00 e. The van der Waals surface area contributed by atoms with E-state index in [1.807, 2.05) is 6.07 Å². The molecule has 1 N–H and O–H groups in total. The molecule has 3 nitrogen and oxygen atoms in total. The van der Waals surface area contributed by atoms with E-state index in [9.17, 15) is 9.90 Å². The van der Waals surface area contributed by atoms with Crippen molar-refractivity contribution < 1.29 is 78.8 Å². The Morgan fingerprint density at radius 1 is 1.31 bits per heavy atom. The quantitative estimate of drug-likeness (QED) is 0.634. The number of nitrogens with one attached hydrogen (secondary N) is 1. The first kappa shape index (κ1) is 11.4. The fraction of sp³-hybridized carbons (Fsp3) is 0. The molecular formula is C9H6CsNO2. The van der Waals surface area contributed by atoms with Crippen LogP contribution in [0.3, 0.4) is 0 Å². The van der Waals surface area contributed by atoms with Gasteiger partial charge in [0.1, 0.15) is 0 Å².